The third-order valence-corrected chi connectivity index (χ3v) is 5.59. The van der Waals surface area contributed by atoms with Gasteiger partial charge in [0.15, 0.2) is 6.10 Å². The molecule has 2 aliphatic rings. The van der Waals surface area contributed by atoms with Crippen molar-refractivity contribution in [1.29, 1.82) is 5.26 Å². The van der Waals surface area contributed by atoms with Crippen molar-refractivity contribution in [1.82, 2.24) is 4.90 Å². The Morgan fingerprint density at radius 1 is 1.36 bits per heavy atom. The predicted molar refractivity (Wildman–Crippen MR) is 102 cm³/mol. The van der Waals surface area contributed by atoms with Crippen LogP contribution in [0.4, 0.5) is 5.69 Å². The maximum atomic E-state index is 12.4. The maximum Gasteiger partial charge on any atom is 0.312 e. The van der Waals surface area contributed by atoms with E-state index in [-0.39, 0.29) is 23.4 Å². The first-order valence-electron chi connectivity index (χ1n) is 9.39. The molecule has 1 aromatic carbocycles. The van der Waals surface area contributed by atoms with E-state index < -0.39 is 23.9 Å². The van der Waals surface area contributed by atoms with E-state index in [0.29, 0.717) is 17.8 Å². The number of carbonyl (C=O) groups is 3. The van der Waals surface area contributed by atoms with Crippen molar-refractivity contribution in [2.75, 3.05) is 11.9 Å². The van der Waals surface area contributed by atoms with Gasteiger partial charge in [0.25, 0.3) is 5.91 Å². The van der Waals surface area contributed by atoms with Crippen LogP contribution in [0.1, 0.15) is 44.6 Å². The van der Waals surface area contributed by atoms with Crippen molar-refractivity contribution in [2.24, 2.45) is 5.92 Å². The van der Waals surface area contributed by atoms with Gasteiger partial charge in [-0.25, -0.2) is 0 Å². The fraction of sp³-hybridized carbons (Fsp3) is 0.500. The SMILES string of the molecule is C[C@H](OC(=O)[C@H]1CC(=O)N(C2CCCC2)C1)C(=O)Nc1ccc(C#N)c(Cl)c1. The van der Waals surface area contributed by atoms with E-state index >= 15 is 0 Å². The van der Waals surface area contributed by atoms with Gasteiger partial charge in [0.05, 0.1) is 16.5 Å². The molecule has 28 heavy (non-hydrogen) atoms. The van der Waals surface area contributed by atoms with Gasteiger partial charge in [-0.1, -0.05) is 24.4 Å². The van der Waals surface area contributed by atoms with Crippen molar-refractivity contribution in [3.05, 3.63) is 28.8 Å². The number of esters is 1. The van der Waals surface area contributed by atoms with Gasteiger partial charge in [0.2, 0.25) is 5.91 Å². The number of benzene rings is 1. The number of carbonyl (C=O) groups excluding carboxylic acids is 3. The van der Waals surface area contributed by atoms with Gasteiger partial charge in [-0.15, -0.1) is 0 Å². The lowest BCUT2D eigenvalue weighted by molar-refractivity contribution is -0.157. The van der Waals surface area contributed by atoms with Crippen LogP contribution >= 0.6 is 11.6 Å². The monoisotopic (exact) mass is 403 g/mol. The van der Waals surface area contributed by atoms with Crippen LogP contribution in [0.25, 0.3) is 0 Å². The summed E-state index contributed by atoms with van der Waals surface area (Å²) in [5.74, 6) is -1.59. The molecule has 1 aliphatic heterocycles. The summed E-state index contributed by atoms with van der Waals surface area (Å²) in [6, 6.07) is 6.67. The highest BCUT2D eigenvalue weighted by Gasteiger charge is 2.40. The number of hydrogen-bond donors (Lipinski definition) is 1. The van der Waals surface area contributed by atoms with Crippen LogP contribution in [0.5, 0.6) is 0 Å². The van der Waals surface area contributed by atoms with Crippen molar-refractivity contribution >= 4 is 35.1 Å². The Morgan fingerprint density at radius 3 is 2.71 bits per heavy atom. The van der Waals surface area contributed by atoms with E-state index in [1.165, 1.54) is 19.1 Å². The number of nitriles is 1. The molecule has 7 nitrogen and oxygen atoms in total. The fourth-order valence-electron chi connectivity index (χ4n) is 3.71. The number of hydrogen-bond acceptors (Lipinski definition) is 5. The number of nitrogens with one attached hydrogen (secondary N) is 1. The molecule has 0 aromatic heterocycles. The second-order valence-corrected chi connectivity index (χ2v) is 7.67. The van der Waals surface area contributed by atoms with E-state index in [0.717, 1.165) is 25.7 Å². The molecule has 1 aromatic rings. The minimum atomic E-state index is -1.02. The summed E-state index contributed by atoms with van der Waals surface area (Å²) in [4.78, 5) is 38.7. The van der Waals surface area contributed by atoms with E-state index in [1.54, 1.807) is 11.0 Å². The average Bonchev–Trinajstić information content (AvgIpc) is 3.31. The molecule has 2 fully saturated rings. The van der Waals surface area contributed by atoms with E-state index in [2.05, 4.69) is 5.32 Å². The zero-order valence-electron chi connectivity index (χ0n) is 15.6. The number of halogens is 1. The minimum absolute atomic E-state index is 0.0156. The van der Waals surface area contributed by atoms with Gasteiger partial charge in [0.1, 0.15) is 6.07 Å². The number of amides is 2. The van der Waals surface area contributed by atoms with Crippen LogP contribution < -0.4 is 5.32 Å². The minimum Gasteiger partial charge on any atom is -0.452 e. The molecular formula is C20H22ClN3O4. The number of nitrogens with zero attached hydrogens (tertiary/aromatic N) is 2. The van der Waals surface area contributed by atoms with Crippen LogP contribution in [0.15, 0.2) is 18.2 Å². The van der Waals surface area contributed by atoms with Crippen LogP contribution in [0, 0.1) is 17.2 Å². The van der Waals surface area contributed by atoms with Crippen molar-refractivity contribution in [2.45, 2.75) is 51.2 Å². The van der Waals surface area contributed by atoms with Gasteiger partial charge < -0.3 is 15.0 Å². The number of ether oxygens (including phenoxy) is 1. The zero-order valence-corrected chi connectivity index (χ0v) is 16.4. The quantitative estimate of drug-likeness (QED) is 0.762. The van der Waals surface area contributed by atoms with Crippen molar-refractivity contribution in [3.63, 3.8) is 0 Å². The second kappa shape index (κ2) is 8.61. The second-order valence-electron chi connectivity index (χ2n) is 7.26. The van der Waals surface area contributed by atoms with E-state index in [9.17, 15) is 14.4 Å². The Morgan fingerprint density at radius 2 is 2.07 bits per heavy atom. The van der Waals surface area contributed by atoms with Gasteiger partial charge in [-0.3, -0.25) is 14.4 Å². The summed E-state index contributed by atoms with van der Waals surface area (Å²) >= 11 is 5.95. The molecule has 8 heteroatoms. The summed E-state index contributed by atoms with van der Waals surface area (Å²) in [7, 11) is 0. The highest BCUT2D eigenvalue weighted by Crippen LogP contribution is 2.30. The zero-order chi connectivity index (χ0) is 20.3. The van der Waals surface area contributed by atoms with E-state index in [1.807, 2.05) is 6.07 Å². The number of rotatable bonds is 5. The van der Waals surface area contributed by atoms with Crippen molar-refractivity contribution < 1.29 is 19.1 Å². The molecule has 0 spiro atoms. The highest BCUT2D eigenvalue weighted by atomic mass is 35.5. The molecule has 3 rings (SSSR count). The Bertz CT molecular complexity index is 829. The van der Waals surface area contributed by atoms with Crippen LogP contribution in [-0.2, 0) is 19.1 Å². The molecule has 1 saturated carbocycles. The molecule has 148 valence electrons. The highest BCUT2D eigenvalue weighted by molar-refractivity contribution is 6.32. The fourth-order valence-corrected chi connectivity index (χ4v) is 3.93. The summed E-state index contributed by atoms with van der Waals surface area (Å²) in [6.07, 6.45) is 3.31. The lowest BCUT2D eigenvalue weighted by Gasteiger charge is -2.24. The third-order valence-electron chi connectivity index (χ3n) is 5.28. The molecule has 1 heterocycles. The Kier molecular flexibility index (Phi) is 6.20. The maximum absolute atomic E-state index is 12.4. The first-order valence-corrected chi connectivity index (χ1v) is 9.77. The van der Waals surface area contributed by atoms with Crippen LogP contribution in [-0.4, -0.2) is 41.4 Å². The summed E-state index contributed by atoms with van der Waals surface area (Å²) < 4.78 is 5.29. The van der Waals surface area contributed by atoms with Crippen molar-refractivity contribution in [3.8, 4) is 6.07 Å². The molecule has 0 radical (unpaired) electrons. The molecule has 1 aliphatic carbocycles. The molecular weight excluding hydrogens is 382 g/mol. The first-order chi connectivity index (χ1) is 13.4. The molecule has 0 unspecified atom stereocenters. The van der Waals surface area contributed by atoms with Gasteiger partial charge >= 0.3 is 5.97 Å². The first kappa shape index (κ1) is 20.2. The Labute approximate surface area is 168 Å². The summed E-state index contributed by atoms with van der Waals surface area (Å²) in [6.45, 7) is 1.84. The Hall–Kier alpha value is -2.59. The average molecular weight is 404 g/mol. The van der Waals surface area contributed by atoms with Gasteiger partial charge in [0, 0.05) is 24.7 Å². The largest absolute Gasteiger partial charge is 0.452 e. The van der Waals surface area contributed by atoms with Gasteiger partial charge in [-0.05, 0) is 38.0 Å². The number of likely N-dealkylation sites (tertiary alicyclic amines) is 1. The standard InChI is InChI=1S/C20H22ClN3O4/c1-12(19(26)23-15-7-6-13(10-22)17(21)9-15)28-20(27)14-8-18(25)24(11-14)16-4-2-3-5-16/h6-7,9,12,14,16H,2-5,8,11H2,1H3,(H,23,26)/t12-,14-/m0/s1. The molecule has 1 N–H and O–H groups in total. The molecule has 0 bridgehead atoms. The molecule has 1 saturated heterocycles. The lowest BCUT2D eigenvalue weighted by atomic mass is 10.1. The van der Waals surface area contributed by atoms with Crippen LogP contribution in [0.3, 0.4) is 0 Å². The topological polar surface area (TPSA) is 99.5 Å². The van der Waals surface area contributed by atoms with Gasteiger partial charge in [-0.2, -0.15) is 5.26 Å². The summed E-state index contributed by atoms with van der Waals surface area (Å²) in [5.41, 5.74) is 0.706. The predicted octanol–water partition coefficient (Wildman–Crippen LogP) is 2.87. The molecule has 2 amide bonds. The van der Waals surface area contributed by atoms with Crippen LogP contribution in [0.2, 0.25) is 5.02 Å². The smallest absolute Gasteiger partial charge is 0.312 e. The van der Waals surface area contributed by atoms with E-state index in [4.69, 9.17) is 21.6 Å². The summed E-state index contributed by atoms with van der Waals surface area (Å²) in [5, 5.41) is 11.7. The normalized spacial score (nSPS) is 20.7. The lowest BCUT2D eigenvalue weighted by Crippen LogP contribution is -2.36. The number of anilines is 1. The third kappa shape index (κ3) is 4.45. The Balaban J connectivity index is 1.53. The molecule has 2 atom stereocenters.